The van der Waals surface area contributed by atoms with Crippen molar-refractivity contribution in [2.45, 2.75) is 44.9 Å². The molecule has 0 aliphatic heterocycles. The molecular weight excluding hydrogens is 252 g/mol. The van der Waals surface area contributed by atoms with Crippen molar-refractivity contribution >= 4 is 11.6 Å². The Balaban J connectivity index is 1.90. The van der Waals surface area contributed by atoms with Gasteiger partial charge in [0.15, 0.2) is 0 Å². The number of hydrogen-bond acceptors (Lipinski definition) is 2. The molecule has 106 valence electrons. The number of pyridine rings is 1. The fourth-order valence-electron chi connectivity index (χ4n) is 3.29. The molecule has 4 heteroatoms. The van der Waals surface area contributed by atoms with E-state index in [1.807, 2.05) is 35.0 Å². The quantitative estimate of drug-likeness (QED) is 0.872. The summed E-state index contributed by atoms with van der Waals surface area (Å²) in [6.07, 6.45) is 10.3. The highest BCUT2D eigenvalue weighted by atomic mass is 16.4. The summed E-state index contributed by atoms with van der Waals surface area (Å²) in [6, 6.07) is 5.85. The highest BCUT2D eigenvalue weighted by Gasteiger charge is 2.39. The third-order valence-corrected chi connectivity index (χ3v) is 4.45. The lowest BCUT2D eigenvalue weighted by Gasteiger charge is -2.27. The number of carboxylic acid groups (broad SMARTS) is 1. The van der Waals surface area contributed by atoms with Gasteiger partial charge in [0.05, 0.1) is 11.1 Å². The van der Waals surface area contributed by atoms with Crippen LogP contribution in [-0.2, 0) is 11.2 Å². The topological polar surface area (TPSA) is 54.6 Å². The van der Waals surface area contributed by atoms with Crippen LogP contribution in [0.25, 0.3) is 5.65 Å². The van der Waals surface area contributed by atoms with Gasteiger partial charge in [-0.3, -0.25) is 4.79 Å². The number of fused-ring (bicyclic) bond motifs is 1. The number of rotatable bonds is 3. The molecule has 1 saturated carbocycles. The molecule has 0 aromatic carbocycles. The predicted molar refractivity (Wildman–Crippen MR) is 76.7 cm³/mol. The summed E-state index contributed by atoms with van der Waals surface area (Å²) < 4.78 is 1.96. The zero-order valence-electron chi connectivity index (χ0n) is 11.6. The Morgan fingerprint density at radius 3 is 2.65 bits per heavy atom. The van der Waals surface area contributed by atoms with Crippen LogP contribution < -0.4 is 0 Å². The van der Waals surface area contributed by atoms with Crippen LogP contribution in [0.15, 0.2) is 30.6 Å². The first-order valence-corrected chi connectivity index (χ1v) is 7.36. The summed E-state index contributed by atoms with van der Waals surface area (Å²) in [5, 5.41) is 9.72. The van der Waals surface area contributed by atoms with Gasteiger partial charge in [-0.2, -0.15) is 0 Å². The van der Waals surface area contributed by atoms with E-state index in [-0.39, 0.29) is 0 Å². The molecule has 1 N–H and O–H groups in total. The summed E-state index contributed by atoms with van der Waals surface area (Å²) in [5.74, 6) is -0.656. The molecule has 1 aliphatic carbocycles. The largest absolute Gasteiger partial charge is 0.481 e. The average molecular weight is 272 g/mol. The summed E-state index contributed by atoms with van der Waals surface area (Å²) in [6.45, 7) is 0. The molecule has 0 saturated heterocycles. The van der Waals surface area contributed by atoms with Crippen LogP contribution in [0.3, 0.4) is 0 Å². The van der Waals surface area contributed by atoms with Crippen molar-refractivity contribution in [3.8, 4) is 0 Å². The molecule has 2 aromatic heterocycles. The molecule has 0 unspecified atom stereocenters. The van der Waals surface area contributed by atoms with Crippen LogP contribution in [0.5, 0.6) is 0 Å². The Morgan fingerprint density at radius 2 is 2.00 bits per heavy atom. The van der Waals surface area contributed by atoms with Crippen LogP contribution >= 0.6 is 0 Å². The second-order valence-electron chi connectivity index (χ2n) is 5.87. The Bertz CT molecular complexity index is 577. The van der Waals surface area contributed by atoms with Crippen molar-refractivity contribution in [2.24, 2.45) is 5.41 Å². The van der Waals surface area contributed by atoms with Crippen LogP contribution in [0, 0.1) is 5.41 Å². The highest BCUT2D eigenvalue weighted by molar-refractivity contribution is 5.75. The SMILES string of the molecule is O=C(O)C1(Cc2cn3ccccc3n2)CCCCCC1. The average Bonchev–Trinajstić information content (AvgIpc) is 2.67. The number of carbonyl (C=O) groups is 1. The molecule has 1 aliphatic rings. The Kier molecular flexibility index (Phi) is 3.47. The first-order valence-electron chi connectivity index (χ1n) is 7.36. The van der Waals surface area contributed by atoms with E-state index >= 15 is 0 Å². The molecule has 0 atom stereocenters. The van der Waals surface area contributed by atoms with Gasteiger partial charge in [0.2, 0.25) is 0 Å². The molecule has 0 radical (unpaired) electrons. The highest BCUT2D eigenvalue weighted by Crippen LogP contribution is 2.38. The minimum absolute atomic E-state index is 0.546. The first kappa shape index (κ1) is 13.2. The number of aromatic nitrogens is 2. The second kappa shape index (κ2) is 5.27. The second-order valence-corrected chi connectivity index (χ2v) is 5.87. The maximum Gasteiger partial charge on any atom is 0.310 e. The van der Waals surface area contributed by atoms with E-state index in [0.29, 0.717) is 6.42 Å². The van der Waals surface area contributed by atoms with Gasteiger partial charge in [0, 0.05) is 18.8 Å². The van der Waals surface area contributed by atoms with Gasteiger partial charge >= 0.3 is 5.97 Å². The van der Waals surface area contributed by atoms with Gasteiger partial charge in [-0.15, -0.1) is 0 Å². The van der Waals surface area contributed by atoms with E-state index in [1.54, 1.807) is 0 Å². The lowest BCUT2D eigenvalue weighted by molar-refractivity contribution is -0.149. The van der Waals surface area contributed by atoms with Crippen molar-refractivity contribution in [1.29, 1.82) is 0 Å². The van der Waals surface area contributed by atoms with Crippen molar-refractivity contribution < 1.29 is 9.90 Å². The van der Waals surface area contributed by atoms with Gasteiger partial charge in [-0.05, 0) is 25.0 Å². The monoisotopic (exact) mass is 272 g/mol. The van der Waals surface area contributed by atoms with E-state index in [1.165, 1.54) is 0 Å². The molecule has 1 fully saturated rings. The van der Waals surface area contributed by atoms with E-state index in [4.69, 9.17) is 0 Å². The first-order chi connectivity index (χ1) is 9.70. The minimum atomic E-state index is -0.656. The van der Waals surface area contributed by atoms with Crippen molar-refractivity contribution in [3.63, 3.8) is 0 Å². The van der Waals surface area contributed by atoms with E-state index in [9.17, 15) is 9.90 Å². The van der Waals surface area contributed by atoms with Gasteiger partial charge in [0.25, 0.3) is 0 Å². The van der Waals surface area contributed by atoms with Crippen molar-refractivity contribution in [2.75, 3.05) is 0 Å². The van der Waals surface area contributed by atoms with Crippen molar-refractivity contribution in [3.05, 3.63) is 36.3 Å². The lowest BCUT2D eigenvalue weighted by Crippen LogP contribution is -2.33. The van der Waals surface area contributed by atoms with Crippen LogP contribution in [-0.4, -0.2) is 20.5 Å². The third kappa shape index (κ3) is 2.42. The lowest BCUT2D eigenvalue weighted by atomic mass is 9.76. The third-order valence-electron chi connectivity index (χ3n) is 4.45. The molecule has 0 spiro atoms. The van der Waals surface area contributed by atoms with Gasteiger partial charge in [-0.25, -0.2) is 4.98 Å². The van der Waals surface area contributed by atoms with Crippen LogP contribution in [0.4, 0.5) is 0 Å². The van der Waals surface area contributed by atoms with Gasteiger partial charge in [-0.1, -0.05) is 31.7 Å². The summed E-state index contributed by atoms with van der Waals surface area (Å²) in [5.41, 5.74) is 1.16. The number of imidazole rings is 1. The normalized spacial score (nSPS) is 18.8. The molecule has 4 nitrogen and oxygen atoms in total. The molecule has 2 heterocycles. The van der Waals surface area contributed by atoms with Crippen LogP contribution in [0.2, 0.25) is 0 Å². The van der Waals surface area contributed by atoms with E-state index in [2.05, 4.69) is 4.98 Å². The van der Waals surface area contributed by atoms with E-state index in [0.717, 1.165) is 49.9 Å². The molecule has 0 amide bonds. The summed E-state index contributed by atoms with van der Waals surface area (Å²) >= 11 is 0. The van der Waals surface area contributed by atoms with Gasteiger partial charge < -0.3 is 9.51 Å². The predicted octanol–water partition coefficient (Wildman–Crippen LogP) is 3.30. The minimum Gasteiger partial charge on any atom is -0.481 e. The van der Waals surface area contributed by atoms with Gasteiger partial charge in [0.1, 0.15) is 5.65 Å². The number of carboxylic acids is 1. The van der Waals surface area contributed by atoms with Crippen molar-refractivity contribution in [1.82, 2.24) is 9.38 Å². The maximum atomic E-state index is 11.8. The van der Waals surface area contributed by atoms with E-state index < -0.39 is 11.4 Å². The molecule has 20 heavy (non-hydrogen) atoms. The summed E-state index contributed by atoms with van der Waals surface area (Å²) in [7, 11) is 0. The Morgan fingerprint density at radius 1 is 1.25 bits per heavy atom. The maximum absolute atomic E-state index is 11.8. The van der Waals surface area contributed by atoms with Crippen LogP contribution in [0.1, 0.15) is 44.2 Å². The Hall–Kier alpha value is -1.84. The number of nitrogens with zero attached hydrogens (tertiary/aromatic N) is 2. The molecule has 0 bridgehead atoms. The standard InChI is InChI=1S/C16H20N2O2/c19-15(20)16(8-4-1-2-5-9-16)11-13-12-18-10-6-3-7-14(18)17-13/h3,6-7,10,12H,1-2,4-5,8-9,11H2,(H,19,20). The number of aliphatic carboxylic acids is 1. The smallest absolute Gasteiger partial charge is 0.310 e. The fourth-order valence-corrected chi connectivity index (χ4v) is 3.29. The zero-order chi connectivity index (χ0) is 14.0. The molecular formula is C16H20N2O2. The zero-order valence-corrected chi connectivity index (χ0v) is 11.6. The summed E-state index contributed by atoms with van der Waals surface area (Å²) in [4.78, 5) is 16.4. The Labute approximate surface area is 118 Å². The fraction of sp³-hybridized carbons (Fsp3) is 0.500. The molecule has 3 rings (SSSR count). The number of hydrogen-bond donors (Lipinski definition) is 1. The molecule has 2 aromatic rings.